The third-order valence-corrected chi connectivity index (χ3v) is 4.96. The lowest BCUT2D eigenvalue weighted by Gasteiger charge is -2.12. The van der Waals surface area contributed by atoms with Gasteiger partial charge in [0.15, 0.2) is 0 Å². The highest BCUT2D eigenvalue weighted by Gasteiger charge is 2.13. The smallest absolute Gasteiger partial charge is 0.253 e. The number of aryl methyl sites for hydroxylation is 2. The summed E-state index contributed by atoms with van der Waals surface area (Å²) in [4.78, 5) is 25.7. The molecule has 0 fully saturated rings. The molecule has 26 heavy (non-hydrogen) atoms. The Bertz CT molecular complexity index is 787. The van der Waals surface area contributed by atoms with Gasteiger partial charge in [-0.15, -0.1) is 11.8 Å². The highest BCUT2D eigenvalue weighted by molar-refractivity contribution is 8.00. The van der Waals surface area contributed by atoms with Gasteiger partial charge in [-0.25, -0.2) is 0 Å². The molecular formula is C21H26N2O2S. The van der Waals surface area contributed by atoms with Crippen LogP contribution in [0.3, 0.4) is 0 Å². The zero-order valence-corrected chi connectivity index (χ0v) is 16.6. The normalized spacial score (nSPS) is 10.7. The molecule has 2 aromatic carbocycles. The van der Waals surface area contributed by atoms with E-state index in [1.54, 1.807) is 18.2 Å². The highest BCUT2D eigenvalue weighted by atomic mass is 32.2. The Kier molecular flexibility index (Phi) is 7.27. The molecule has 0 unspecified atom stereocenters. The van der Waals surface area contributed by atoms with Gasteiger partial charge in [-0.1, -0.05) is 32.0 Å². The van der Waals surface area contributed by atoms with E-state index in [0.717, 1.165) is 4.90 Å². The van der Waals surface area contributed by atoms with Crippen molar-refractivity contribution in [3.8, 4) is 0 Å². The number of benzene rings is 2. The van der Waals surface area contributed by atoms with Gasteiger partial charge in [-0.2, -0.15) is 0 Å². The van der Waals surface area contributed by atoms with Crippen LogP contribution in [-0.4, -0.2) is 24.1 Å². The Morgan fingerprint density at radius 3 is 2.46 bits per heavy atom. The van der Waals surface area contributed by atoms with E-state index >= 15 is 0 Å². The van der Waals surface area contributed by atoms with Crippen molar-refractivity contribution < 1.29 is 9.59 Å². The molecule has 4 nitrogen and oxygen atoms in total. The molecule has 0 heterocycles. The van der Waals surface area contributed by atoms with E-state index in [-0.39, 0.29) is 11.8 Å². The predicted octanol–water partition coefficient (Wildman–Crippen LogP) is 4.42. The topological polar surface area (TPSA) is 58.2 Å². The van der Waals surface area contributed by atoms with Crippen LogP contribution in [0.15, 0.2) is 47.4 Å². The Morgan fingerprint density at radius 1 is 1.04 bits per heavy atom. The summed E-state index contributed by atoms with van der Waals surface area (Å²) in [6.45, 7) is 8.81. The molecule has 5 heteroatoms. The summed E-state index contributed by atoms with van der Waals surface area (Å²) in [7, 11) is 0. The van der Waals surface area contributed by atoms with Gasteiger partial charge in [0.1, 0.15) is 0 Å². The lowest BCUT2D eigenvalue weighted by atomic mass is 10.1. The van der Waals surface area contributed by atoms with Crippen molar-refractivity contribution in [3.05, 3.63) is 59.2 Å². The lowest BCUT2D eigenvalue weighted by molar-refractivity contribution is -0.113. The molecule has 0 atom stereocenters. The highest BCUT2D eigenvalue weighted by Crippen LogP contribution is 2.22. The molecule has 2 N–H and O–H groups in total. The largest absolute Gasteiger partial charge is 0.352 e. The lowest BCUT2D eigenvalue weighted by Crippen LogP contribution is -2.28. The van der Waals surface area contributed by atoms with Gasteiger partial charge >= 0.3 is 0 Å². The van der Waals surface area contributed by atoms with Crippen LogP contribution in [0.1, 0.15) is 35.3 Å². The molecule has 2 amide bonds. The number of rotatable bonds is 7. The summed E-state index contributed by atoms with van der Waals surface area (Å²) in [6, 6.07) is 13.2. The molecule has 0 saturated carbocycles. The van der Waals surface area contributed by atoms with Gasteiger partial charge in [0.25, 0.3) is 5.91 Å². The Labute approximate surface area is 159 Å². The molecule has 0 radical (unpaired) electrons. The third kappa shape index (κ3) is 5.92. The molecule has 0 saturated heterocycles. The maximum Gasteiger partial charge on any atom is 0.253 e. The second-order valence-electron chi connectivity index (χ2n) is 6.73. The Hall–Kier alpha value is -2.27. The quantitative estimate of drug-likeness (QED) is 0.709. The zero-order chi connectivity index (χ0) is 19.1. The minimum absolute atomic E-state index is 0.127. The summed E-state index contributed by atoms with van der Waals surface area (Å²) in [6.07, 6.45) is 0. The molecule has 2 rings (SSSR count). The van der Waals surface area contributed by atoms with E-state index in [1.165, 1.54) is 22.9 Å². The Balaban J connectivity index is 1.98. The van der Waals surface area contributed by atoms with E-state index < -0.39 is 0 Å². The minimum atomic E-state index is -0.170. The van der Waals surface area contributed by atoms with Crippen LogP contribution in [0.4, 0.5) is 5.69 Å². The van der Waals surface area contributed by atoms with Gasteiger partial charge in [-0.3, -0.25) is 9.59 Å². The molecule has 0 aliphatic rings. The van der Waals surface area contributed by atoms with E-state index in [2.05, 4.69) is 36.6 Å². The zero-order valence-electron chi connectivity index (χ0n) is 15.8. The van der Waals surface area contributed by atoms with Crippen LogP contribution in [-0.2, 0) is 4.79 Å². The monoisotopic (exact) mass is 370 g/mol. The molecule has 0 spiro atoms. The molecule has 0 aliphatic heterocycles. The van der Waals surface area contributed by atoms with E-state index in [0.29, 0.717) is 29.5 Å². The third-order valence-electron chi connectivity index (χ3n) is 3.96. The predicted molar refractivity (Wildman–Crippen MR) is 109 cm³/mol. The van der Waals surface area contributed by atoms with Crippen LogP contribution in [0.25, 0.3) is 0 Å². The summed E-state index contributed by atoms with van der Waals surface area (Å²) in [5.41, 5.74) is 3.47. The average molecular weight is 371 g/mol. The van der Waals surface area contributed by atoms with Crippen LogP contribution >= 0.6 is 11.8 Å². The molecule has 0 aromatic heterocycles. The van der Waals surface area contributed by atoms with Crippen molar-refractivity contribution in [2.45, 2.75) is 32.6 Å². The molecule has 0 bridgehead atoms. The second kappa shape index (κ2) is 9.43. The van der Waals surface area contributed by atoms with Crippen molar-refractivity contribution in [2.24, 2.45) is 5.92 Å². The number of thioether (sulfide) groups is 1. The van der Waals surface area contributed by atoms with E-state index in [1.807, 2.05) is 26.0 Å². The maximum atomic E-state index is 12.3. The van der Waals surface area contributed by atoms with Crippen LogP contribution < -0.4 is 10.6 Å². The fourth-order valence-corrected chi connectivity index (χ4v) is 3.12. The van der Waals surface area contributed by atoms with Crippen LogP contribution in [0.2, 0.25) is 0 Å². The number of hydrogen-bond donors (Lipinski definition) is 2. The molecular weight excluding hydrogens is 344 g/mol. The van der Waals surface area contributed by atoms with E-state index in [4.69, 9.17) is 0 Å². The number of para-hydroxylation sites is 1. The van der Waals surface area contributed by atoms with Gasteiger partial charge < -0.3 is 10.6 Å². The van der Waals surface area contributed by atoms with Gasteiger partial charge in [0.05, 0.1) is 17.0 Å². The minimum Gasteiger partial charge on any atom is -0.352 e. The number of hydrogen-bond acceptors (Lipinski definition) is 3. The molecule has 2 aromatic rings. The number of nitrogens with one attached hydrogen (secondary N) is 2. The van der Waals surface area contributed by atoms with Crippen molar-refractivity contribution >= 4 is 29.3 Å². The number of anilines is 1. The average Bonchev–Trinajstić information content (AvgIpc) is 2.61. The van der Waals surface area contributed by atoms with Crippen molar-refractivity contribution in [2.75, 3.05) is 17.6 Å². The maximum absolute atomic E-state index is 12.3. The number of carbonyl (C=O) groups excluding carboxylic acids is 2. The summed E-state index contributed by atoms with van der Waals surface area (Å²) >= 11 is 1.49. The standard InChI is InChI=1S/C21H26N2O2S/c1-14(2)12-22-21(25)18-7-5-6-8-19(18)23-20(24)13-26-17-10-9-15(3)16(4)11-17/h5-11,14H,12-13H2,1-4H3,(H,22,25)(H,23,24). The van der Waals surface area contributed by atoms with Crippen molar-refractivity contribution in [1.82, 2.24) is 5.32 Å². The first-order valence-corrected chi connectivity index (χ1v) is 9.72. The van der Waals surface area contributed by atoms with Crippen molar-refractivity contribution in [1.29, 1.82) is 0 Å². The molecule has 0 aliphatic carbocycles. The Morgan fingerprint density at radius 2 is 1.77 bits per heavy atom. The fraction of sp³-hybridized carbons (Fsp3) is 0.333. The van der Waals surface area contributed by atoms with Crippen molar-refractivity contribution in [3.63, 3.8) is 0 Å². The second-order valence-corrected chi connectivity index (χ2v) is 7.78. The van der Waals surface area contributed by atoms with Gasteiger partial charge in [0.2, 0.25) is 5.91 Å². The van der Waals surface area contributed by atoms with Crippen LogP contribution in [0.5, 0.6) is 0 Å². The fourth-order valence-electron chi connectivity index (χ4n) is 2.32. The molecule has 138 valence electrons. The SMILES string of the molecule is Cc1ccc(SCC(=O)Nc2ccccc2C(=O)NCC(C)C)cc1C. The summed E-state index contributed by atoms with van der Waals surface area (Å²) in [5, 5.41) is 5.74. The first kappa shape index (κ1) is 20.0. The first-order chi connectivity index (χ1) is 12.4. The number of amides is 2. The van der Waals surface area contributed by atoms with Crippen LogP contribution in [0, 0.1) is 19.8 Å². The van der Waals surface area contributed by atoms with Gasteiger partial charge in [0, 0.05) is 11.4 Å². The summed E-state index contributed by atoms with van der Waals surface area (Å²) in [5.74, 6) is 0.369. The first-order valence-electron chi connectivity index (χ1n) is 8.74. The number of carbonyl (C=O) groups is 2. The van der Waals surface area contributed by atoms with E-state index in [9.17, 15) is 9.59 Å². The van der Waals surface area contributed by atoms with Gasteiger partial charge in [-0.05, 0) is 55.2 Å². The summed E-state index contributed by atoms with van der Waals surface area (Å²) < 4.78 is 0.